The van der Waals surface area contributed by atoms with Crippen molar-refractivity contribution in [3.8, 4) is 16.9 Å². The summed E-state index contributed by atoms with van der Waals surface area (Å²) < 4.78 is 5.21. The van der Waals surface area contributed by atoms with E-state index in [1.807, 2.05) is 0 Å². The average molecular weight is 422 g/mol. The Balaban J connectivity index is 1.77. The number of ether oxygens (including phenoxy) is 1. The van der Waals surface area contributed by atoms with Crippen LogP contribution in [0.25, 0.3) is 11.1 Å². The number of aromatic amines is 1. The van der Waals surface area contributed by atoms with E-state index in [2.05, 4.69) is 15.6 Å². The number of hydrogen-bond donors (Lipinski definition) is 5. The lowest BCUT2D eigenvalue weighted by molar-refractivity contribution is -0.136. The van der Waals surface area contributed by atoms with Crippen molar-refractivity contribution in [1.82, 2.24) is 4.98 Å². The van der Waals surface area contributed by atoms with Crippen LogP contribution in [0.5, 0.6) is 5.75 Å². The number of aryl methyl sites for hydroxylation is 1. The van der Waals surface area contributed by atoms with Gasteiger partial charge in [-0.15, -0.1) is 0 Å². The second-order valence-electron chi connectivity index (χ2n) is 6.68. The van der Waals surface area contributed by atoms with Crippen LogP contribution < -0.4 is 21.1 Å². The highest BCUT2D eigenvalue weighted by atomic mass is 16.5. The maximum atomic E-state index is 12.3. The molecule has 160 valence electrons. The number of carbonyl (C=O) groups excluding carboxylic acids is 2. The van der Waals surface area contributed by atoms with E-state index in [9.17, 15) is 14.4 Å². The van der Waals surface area contributed by atoms with Crippen LogP contribution in [0, 0.1) is 0 Å². The van der Waals surface area contributed by atoms with Gasteiger partial charge in [-0.1, -0.05) is 24.3 Å². The highest BCUT2D eigenvalue weighted by Crippen LogP contribution is 2.30. The monoisotopic (exact) mass is 422 g/mol. The molecule has 2 aromatic carbocycles. The van der Waals surface area contributed by atoms with Crippen LogP contribution in [0.1, 0.15) is 22.5 Å². The molecule has 9 heteroatoms. The van der Waals surface area contributed by atoms with Crippen LogP contribution in [0.15, 0.2) is 54.7 Å². The second-order valence-corrected chi connectivity index (χ2v) is 6.68. The van der Waals surface area contributed by atoms with Gasteiger partial charge in [0, 0.05) is 23.9 Å². The number of carboxylic acids is 1. The van der Waals surface area contributed by atoms with Crippen molar-refractivity contribution in [2.75, 3.05) is 17.7 Å². The first-order chi connectivity index (χ1) is 14.9. The third kappa shape index (κ3) is 5.21. The molecule has 0 radical (unpaired) electrons. The molecule has 0 aliphatic carbocycles. The summed E-state index contributed by atoms with van der Waals surface area (Å²) in [7, 11) is 1.52. The first kappa shape index (κ1) is 21.4. The van der Waals surface area contributed by atoms with Gasteiger partial charge in [0.1, 0.15) is 11.4 Å². The molecule has 0 saturated carbocycles. The van der Waals surface area contributed by atoms with Crippen molar-refractivity contribution in [2.24, 2.45) is 5.73 Å². The van der Waals surface area contributed by atoms with Gasteiger partial charge in [0.05, 0.1) is 12.8 Å². The number of benzene rings is 2. The molecule has 0 aliphatic rings. The predicted octanol–water partition coefficient (Wildman–Crippen LogP) is 3.45. The Morgan fingerprint density at radius 1 is 1.06 bits per heavy atom. The third-order valence-corrected chi connectivity index (χ3v) is 4.60. The number of carboxylic acid groups (broad SMARTS) is 1. The first-order valence-corrected chi connectivity index (χ1v) is 9.42. The summed E-state index contributed by atoms with van der Waals surface area (Å²) >= 11 is 0. The van der Waals surface area contributed by atoms with Gasteiger partial charge in [0.2, 0.25) is 0 Å². The molecule has 3 rings (SSSR count). The summed E-state index contributed by atoms with van der Waals surface area (Å²) in [6.45, 7) is 0. The quantitative estimate of drug-likeness (QED) is 0.377. The van der Waals surface area contributed by atoms with E-state index in [4.69, 9.17) is 15.6 Å². The number of hydrogen-bond acceptors (Lipinski definition) is 4. The van der Waals surface area contributed by atoms with Crippen LogP contribution in [0.4, 0.5) is 16.2 Å². The minimum atomic E-state index is -0.937. The molecular formula is C22H22N4O5. The van der Waals surface area contributed by atoms with E-state index in [1.165, 1.54) is 7.11 Å². The summed E-state index contributed by atoms with van der Waals surface area (Å²) in [6.07, 6.45) is 1.76. The van der Waals surface area contributed by atoms with Crippen molar-refractivity contribution in [3.63, 3.8) is 0 Å². The number of urea groups is 1. The molecule has 31 heavy (non-hydrogen) atoms. The minimum absolute atomic E-state index is 0.0776. The van der Waals surface area contributed by atoms with Gasteiger partial charge >= 0.3 is 12.0 Å². The summed E-state index contributed by atoms with van der Waals surface area (Å²) in [5.74, 6) is -1.04. The molecule has 0 atom stereocenters. The maximum Gasteiger partial charge on any atom is 0.323 e. The predicted molar refractivity (Wildman–Crippen MR) is 116 cm³/mol. The molecule has 0 aliphatic heterocycles. The summed E-state index contributed by atoms with van der Waals surface area (Å²) in [6, 6.07) is 13.4. The molecule has 0 bridgehead atoms. The normalized spacial score (nSPS) is 10.4. The molecule has 0 unspecified atom stereocenters. The van der Waals surface area contributed by atoms with E-state index in [0.717, 1.165) is 0 Å². The first-order valence-electron chi connectivity index (χ1n) is 9.42. The van der Waals surface area contributed by atoms with Gasteiger partial charge < -0.3 is 31.2 Å². The lowest BCUT2D eigenvalue weighted by atomic mass is 9.98. The smallest absolute Gasteiger partial charge is 0.323 e. The van der Waals surface area contributed by atoms with E-state index in [0.29, 0.717) is 33.8 Å². The zero-order valence-corrected chi connectivity index (χ0v) is 16.8. The van der Waals surface area contributed by atoms with Crippen LogP contribution >= 0.6 is 0 Å². The average Bonchev–Trinajstić information content (AvgIpc) is 3.17. The molecule has 3 amide bonds. The number of para-hydroxylation sites is 2. The molecule has 1 heterocycles. The largest absolute Gasteiger partial charge is 0.495 e. The highest BCUT2D eigenvalue weighted by Gasteiger charge is 2.18. The number of aliphatic carboxylic acids is 1. The number of anilines is 2. The van der Waals surface area contributed by atoms with Gasteiger partial charge in [-0.3, -0.25) is 9.59 Å². The Morgan fingerprint density at radius 2 is 1.77 bits per heavy atom. The van der Waals surface area contributed by atoms with Crippen molar-refractivity contribution in [1.29, 1.82) is 0 Å². The van der Waals surface area contributed by atoms with Crippen molar-refractivity contribution in [3.05, 3.63) is 66.0 Å². The van der Waals surface area contributed by atoms with Crippen LogP contribution in [-0.2, 0) is 11.2 Å². The topological polar surface area (TPSA) is 147 Å². The SMILES string of the molecule is COc1ccccc1NC(=O)Nc1ccc(-c2c(CCC(=O)O)c[nH]c2C(N)=O)cc1. The fourth-order valence-electron chi connectivity index (χ4n) is 3.18. The third-order valence-electron chi connectivity index (χ3n) is 4.60. The zero-order chi connectivity index (χ0) is 22.4. The molecular weight excluding hydrogens is 400 g/mol. The number of H-pyrrole nitrogens is 1. The fraction of sp³-hybridized carbons (Fsp3) is 0.136. The molecule has 9 nitrogen and oxygen atoms in total. The Bertz CT molecular complexity index is 1110. The maximum absolute atomic E-state index is 12.3. The standard InChI is InChI=1S/C22H22N4O5/c1-31-17-5-3-2-4-16(17)26-22(30)25-15-9-6-13(7-10-15)19-14(8-11-18(27)28)12-24-20(19)21(23)29/h2-7,9-10,12,24H,8,11H2,1H3,(H2,23,29)(H,27,28)(H2,25,26,30). The van der Waals surface area contributed by atoms with Crippen molar-refractivity contribution < 1.29 is 24.2 Å². The number of methoxy groups -OCH3 is 1. The van der Waals surface area contributed by atoms with E-state index < -0.39 is 17.9 Å². The van der Waals surface area contributed by atoms with Crippen molar-refractivity contribution in [2.45, 2.75) is 12.8 Å². The van der Waals surface area contributed by atoms with E-state index in [-0.39, 0.29) is 18.5 Å². The number of aromatic nitrogens is 1. The van der Waals surface area contributed by atoms with E-state index >= 15 is 0 Å². The van der Waals surface area contributed by atoms with Gasteiger partial charge in [0.15, 0.2) is 0 Å². The Kier molecular flexibility index (Phi) is 6.56. The Labute approximate surface area is 178 Å². The lowest BCUT2D eigenvalue weighted by Crippen LogP contribution is -2.19. The molecule has 3 aromatic rings. The fourth-order valence-corrected chi connectivity index (χ4v) is 3.18. The minimum Gasteiger partial charge on any atom is -0.495 e. The molecule has 0 spiro atoms. The number of nitrogens with two attached hydrogens (primary N) is 1. The molecule has 6 N–H and O–H groups in total. The van der Waals surface area contributed by atoms with Gasteiger partial charge in [0.25, 0.3) is 5.91 Å². The number of primary amides is 1. The highest BCUT2D eigenvalue weighted by molar-refractivity contribution is 6.01. The zero-order valence-electron chi connectivity index (χ0n) is 16.8. The second kappa shape index (κ2) is 9.49. The number of carbonyl (C=O) groups is 3. The molecule has 1 aromatic heterocycles. The molecule has 0 fully saturated rings. The molecule has 0 saturated heterocycles. The Hall–Kier alpha value is -4.27. The number of amides is 3. The van der Waals surface area contributed by atoms with Crippen molar-refractivity contribution >= 4 is 29.3 Å². The number of rotatable bonds is 8. The van der Waals surface area contributed by atoms with Gasteiger partial charge in [-0.05, 0) is 41.8 Å². The Morgan fingerprint density at radius 3 is 2.42 bits per heavy atom. The summed E-state index contributed by atoms with van der Waals surface area (Å²) in [4.78, 5) is 37.8. The summed E-state index contributed by atoms with van der Waals surface area (Å²) in [5.41, 5.74) is 8.61. The lowest BCUT2D eigenvalue weighted by Gasteiger charge is -2.11. The van der Waals surface area contributed by atoms with Gasteiger partial charge in [-0.2, -0.15) is 0 Å². The summed E-state index contributed by atoms with van der Waals surface area (Å²) in [5, 5.41) is 14.4. The number of nitrogens with one attached hydrogen (secondary N) is 3. The van der Waals surface area contributed by atoms with Crippen LogP contribution in [0.3, 0.4) is 0 Å². The van der Waals surface area contributed by atoms with Gasteiger partial charge in [-0.25, -0.2) is 4.79 Å². The van der Waals surface area contributed by atoms with E-state index in [1.54, 1.807) is 54.7 Å². The van der Waals surface area contributed by atoms with Crippen LogP contribution in [-0.4, -0.2) is 35.1 Å². The van der Waals surface area contributed by atoms with Crippen LogP contribution in [0.2, 0.25) is 0 Å².